The maximum Gasteiger partial charge on any atom is 0.339 e. The molecule has 0 amide bonds. The van der Waals surface area contributed by atoms with Gasteiger partial charge in [0.15, 0.2) is 0 Å². The molecule has 1 saturated carbocycles. The third-order valence-corrected chi connectivity index (χ3v) is 3.49. The molecule has 0 saturated heterocycles. The van der Waals surface area contributed by atoms with Crippen molar-refractivity contribution in [2.75, 3.05) is 0 Å². The van der Waals surface area contributed by atoms with Crippen molar-refractivity contribution in [3.05, 3.63) is 41.1 Å². The van der Waals surface area contributed by atoms with E-state index in [9.17, 15) is 9.90 Å². The van der Waals surface area contributed by atoms with Gasteiger partial charge in [-0.3, -0.25) is 4.99 Å². The van der Waals surface area contributed by atoms with Gasteiger partial charge in [0, 0.05) is 17.1 Å². The minimum atomic E-state index is -1.04. The van der Waals surface area contributed by atoms with Gasteiger partial charge < -0.3 is 10.8 Å². The SMILES string of the molecule is NC=C(C(=O)O)C(=Nc1ccc(Cl)cc1)C1CCC1. The molecule has 0 spiro atoms. The second kappa shape index (κ2) is 5.89. The average molecular weight is 279 g/mol. The van der Waals surface area contributed by atoms with E-state index in [2.05, 4.69) is 4.99 Å². The molecule has 0 aliphatic heterocycles. The monoisotopic (exact) mass is 278 g/mol. The Hall–Kier alpha value is -1.81. The van der Waals surface area contributed by atoms with Crippen molar-refractivity contribution in [1.29, 1.82) is 0 Å². The first kappa shape index (κ1) is 13.6. The normalized spacial score (nSPS) is 17.1. The number of benzene rings is 1. The quantitative estimate of drug-likeness (QED) is 0.656. The molecule has 1 aliphatic rings. The van der Waals surface area contributed by atoms with Crippen molar-refractivity contribution in [2.45, 2.75) is 19.3 Å². The number of carboxylic acids is 1. The van der Waals surface area contributed by atoms with Crippen LogP contribution in [0.25, 0.3) is 0 Å². The minimum absolute atomic E-state index is 0.0830. The van der Waals surface area contributed by atoms with E-state index in [1.807, 2.05) is 0 Å². The predicted molar refractivity (Wildman–Crippen MR) is 75.8 cm³/mol. The Morgan fingerprint density at radius 3 is 2.42 bits per heavy atom. The molecule has 19 heavy (non-hydrogen) atoms. The molecule has 0 bridgehead atoms. The van der Waals surface area contributed by atoms with E-state index in [0.717, 1.165) is 25.5 Å². The van der Waals surface area contributed by atoms with Crippen LogP contribution in [0.15, 0.2) is 41.0 Å². The second-order valence-electron chi connectivity index (χ2n) is 4.49. The van der Waals surface area contributed by atoms with Crippen LogP contribution in [0.3, 0.4) is 0 Å². The Morgan fingerprint density at radius 1 is 1.37 bits per heavy atom. The van der Waals surface area contributed by atoms with Gasteiger partial charge in [-0.05, 0) is 37.1 Å². The highest BCUT2D eigenvalue weighted by molar-refractivity contribution is 6.30. The number of hydrogen-bond acceptors (Lipinski definition) is 3. The van der Waals surface area contributed by atoms with E-state index in [-0.39, 0.29) is 11.5 Å². The summed E-state index contributed by atoms with van der Waals surface area (Å²) in [6, 6.07) is 6.98. The smallest absolute Gasteiger partial charge is 0.339 e. The number of rotatable bonds is 4. The molecule has 0 atom stereocenters. The summed E-state index contributed by atoms with van der Waals surface area (Å²) in [5.41, 5.74) is 6.75. The molecular formula is C14H15ClN2O2. The maximum atomic E-state index is 11.2. The van der Waals surface area contributed by atoms with E-state index in [0.29, 0.717) is 16.4 Å². The van der Waals surface area contributed by atoms with Crippen LogP contribution >= 0.6 is 11.6 Å². The van der Waals surface area contributed by atoms with Gasteiger partial charge in [-0.1, -0.05) is 18.0 Å². The first-order valence-electron chi connectivity index (χ1n) is 6.11. The number of carbonyl (C=O) groups is 1. The van der Waals surface area contributed by atoms with Crippen molar-refractivity contribution in [3.63, 3.8) is 0 Å². The van der Waals surface area contributed by atoms with Crippen LogP contribution in [0, 0.1) is 5.92 Å². The summed E-state index contributed by atoms with van der Waals surface area (Å²) in [4.78, 5) is 15.7. The highest BCUT2D eigenvalue weighted by atomic mass is 35.5. The molecule has 1 fully saturated rings. The summed E-state index contributed by atoms with van der Waals surface area (Å²) in [5.74, 6) is -0.858. The van der Waals surface area contributed by atoms with Crippen molar-refractivity contribution < 1.29 is 9.90 Å². The molecule has 1 aliphatic carbocycles. The largest absolute Gasteiger partial charge is 0.478 e. The van der Waals surface area contributed by atoms with Crippen LogP contribution in [0.2, 0.25) is 5.02 Å². The van der Waals surface area contributed by atoms with Crippen LogP contribution in [0.5, 0.6) is 0 Å². The van der Waals surface area contributed by atoms with Crippen molar-refractivity contribution in [1.82, 2.24) is 0 Å². The lowest BCUT2D eigenvalue weighted by atomic mass is 9.79. The fourth-order valence-corrected chi connectivity index (χ4v) is 2.10. The van der Waals surface area contributed by atoms with Crippen molar-refractivity contribution in [2.24, 2.45) is 16.6 Å². The lowest BCUT2D eigenvalue weighted by molar-refractivity contribution is -0.132. The Kier molecular flexibility index (Phi) is 4.22. The molecule has 1 aromatic carbocycles. The molecule has 0 unspecified atom stereocenters. The van der Waals surface area contributed by atoms with Gasteiger partial charge in [0.05, 0.1) is 17.0 Å². The fraction of sp³-hybridized carbons (Fsp3) is 0.286. The Labute approximate surface area is 116 Å². The summed E-state index contributed by atoms with van der Waals surface area (Å²) >= 11 is 5.82. The van der Waals surface area contributed by atoms with Crippen LogP contribution in [0.4, 0.5) is 5.69 Å². The van der Waals surface area contributed by atoms with Crippen LogP contribution in [-0.2, 0) is 4.79 Å². The number of halogens is 1. The summed E-state index contributed by atoms with van der Waals surface area (Å²) in [5, 5.41) is 9.81. The van der Waals surface area contributed by atoms with Crippen LogP contribution < -0.4 is 5.73 Å². The molecule has 1 aromatic rings. The van der Waals surface area contributed by atoms with E-state index < -0.39 is 5.97 Å². The lowest BCUT2D eigenvalue weighted by Gasteiger charge is -2.27. The van der Waals surface area contributed by atoms with Crippen molar-refractivity contribution >= 4 is 29.0 Å². The summed E-state index contributed by atoms with van der Waals surface area (Å²) < 4.78 is 0. The number of carboxylic acid groups (broad SMARTS) is 1. The van der Waals surface area contributed by atoms with Gasteiger partial charge in [-0.15, -0.1) is 0 Å². The molecule has 0 heterocycles. The Morgan fingerprint density at radius 2 is 2.00 bits per heavy atom. The molecule has 2 rings (SSSR count). The third-order valence-electron chi connectivity index (χ3n) is 3.24. The Balaban J connectivity index is 2.37. The van der Waals surface area contributed by atoms with E-state index in [1.54, 1.807) is 24.3 Å². The number of aliphatic imine (C=N–C) groups is 1. The zero-order valence-corrected chi connectivity index (χ0v) is 11.1. The average Bonchev–Trinajstić information content (AvgIpc) is 2.30. The fourth-order valence-electron chi connectivity index (χ4n) is 1.97. The standard InChI is InChI=1S/C14H15ClN2O2/c15-10-4-6-11(7-5-10)17-13(9-2-1-3-9)12(8-16)14(18)19/h4-9H,1-3,16H2,(H,18,19). The molecule has 4 nitrogen and oxygen atoms in total. The topological polar surface area (TPSA) is 75.7 Å². The van der Waals surface area contributed by atoms with Gasteiger partial charge in [0.25, 0.3) is 0 Å². The zero-order valence-electron chi connectivity index (χ0n) is 10.3. The zero-order chi connectivity index (χ0) is 13.8. The molecule has 0 aromatic heterocycles. The van der Waals surface area contributed by atoms with E-state index >= 15 is 0 Å². The van der Waals surface area contributed by atoms with Crippen LogP contribution in [0.1, 0.15) is 19.3 Å². The summed E-state index contributed by atoms with van der Waals surface area (Å²) in [6.45, 7) is 0. The number of nitrogens with zero attached hydrogens (tertiary/aromatic N) is 1. The highest BCUT2D eigenvalue weighted by Crippen LogP contribution is 2.32. The number of aliphatic carboxylic acids is 1. The third kappa shape index (κ3) is 3.15. The highest BCUT2D eigenvalue weighted by Gasteiger charge is 2.28. The number of hydrogen-bond donors (Lipinski definition) is 2. The summed E-state index contributed by atoms with van der Waals surface area (Å²) in [6.07, 6.45) is 4.13. The molecular weight excluding hydrogens is 264 g/mol. The van der Waals surface area contributed by atoms with Crippen molar-refractivity contribution in [3.8, 4) is 0 Å². The first-order chi connectivity index (χ1) is 9.11. The molecule has 100 valence electrons. The lowest BCUT2D eigenvalue weighted by Crippen LogP contribution is -2.27. The van der Waals surface area contributed by atoms with Gasteiger partial charge in [-0.25, -0.2) is 4.79 Å². The number of nitrogens with two attached hydrogens (primary N) is 1. The maximum absolute atomic E-state index is 11.2. The predicted octanol–water partition coefficient (Wildman–Crippen LogP) is 3.14. The van der Waals surface area contributed by atoms with Crippen LogP contribution in [-0.4, -0.2) is 16.8 Å². The molecule has 5 heteroatoms. The minimum Gasteiger partial charge on any atom is -0.478 e. The van der Waals surface area contributed by atoms with Gasteiger partial charge >= 0.3 is 5.97 Å². The second-order valence-corrected chi connectivity index (χ2v) is 4.92. The first-order valence-corrected chi connectivity index (χ1v) is 6.49. The van der Waals surface area contributed by atoms with Gasteiger partial charge in [0.1, 0.15) is 0 Å². The summed E-state index contributed by atoms with van der Waals surface area (Å²) in [7, 11) is 0. The Bertz CT molecular complexity index is 531. The molecule has 0 radical (unpaired) electrons. The van der Waals surface area contributed by atoms with E-state index in [4.69, 9.17) is 17.3 Å². The van der Waals surface area contributed by atoms with Gasteiger partial charge in [0.2, 0.25) is 0 Å². The molecule has 3 N–H and O–H groups in total. The van der Waals surface area contributed by atoms with Gasteiger partial charge in [-0.2, -0.15) is 0 Å². The van der Waals surface area contributed by atoms with E-state index in [1.165, 1.54) is 0 Å².